The number of phenols is 2. The predicted octanol–water partition coefficient (Wildman–Crippen LogP) is 9.16. The van der Waals surface area contributed by atoms with Crippen molar-refractivity contribution in [1.29, 1.82) is 0 Å². The molecule has 10 atom stereocenters. The normalized spacial score (nSPS) is 26.5. The Bertz CT molecular complexity index is 3720. The number of allylic oxidation sites excluding steroid dienone is 4. The molecule has 1 amide bonds. The number of phenolic OH excluding ortho intramolecular Hbond substituents is 2. The van der Waals surface area contributed by atoms with E-state index >= 15 is 4.79 Å². The predicted molar refractivity (Wildman–Crippen MR) is 322 cm³/mol. The van der Waals surface area contributed by atoms with Crippen molar-refractivity contribution in [2.45, 2.75) is 138 Å². The minimum absolute atomic E-state index is 0.0000194. The van der Waals surface area contributed by atoms with Crippen LogP contribution in [0.25, 0.3) is 33.3 Å². The lowest BCUT2D eigenvalue weighted by molar-refractivity contribution is -0.158. The van der Waals surface area contributed by atoms with E-state index in [0.717, 1.165) is 0 Å². The molecule has 9 rings (SSSR count). The maximum absolute atomic E-state index is 15.1. The van der Waals surface area contributed by atoms with Crippen LogP contribution in [0, 0.1) is 36.5 Å². The minimum atomic E-state index is -4.05. The molecule has 5 bridgehead atoms. The number of fused-ring (bicyclic) bond motifs is 14. The third-order valence-electron chi connectivity index (χ3n) is 17.0. The first-order chi connectivity index (χ1) is 40.3. The molecule has 0 radical (unpaired) electrons. The first kappa shape index (κ1) is 64.2. The van der Waals surface area contributed by atoms with E-state index in [0.29, 0.717) is 49.2 Å². The van der Waals surface area contributed by atoms with Gasteiger partial charge in [-0.1, -0.05) is 73.3 Å². The number of aromatic nitrogens is 1. The summed E-state index contributed by atoms with van der Waals surface area (Å²) in [5, 5.41) is 49.1. The molecule has 1 unspecified atom stereocenters. The van der Waals surface area contributed by atoms with E-state index in [1.807, 2.05) is 32.6 Å². The van der Waals surface area contributed by atoms with Gasteiger partial charge < -0.3 is 68.4 Å². The van der Waals surface area contributed by atoms with E-state index in [-0.39, 0.29) is 79.7 Å². The van der Waals surface area contributed by atoms with E-state index in [9.17, 15) is 53.9 Å². The molecule has 5 heterocycles. The average molecular weight is 1210 g/mol. The number of aromatic hydroxyl groups is 2. The molecule has 21 nitrogen and oxygen atoms in total. The highest BCUT2D eigenvalue weighted by atomic mass is 31.2. The molecule has 5 aliphatic heterocycles. The van der Waals surface area contributed by atoms with Crippen LogP contribution in [0.3, 0.4) is 0 Å². The fourth-order valence-electron chi connectivity index (χ4n) is 11.7. The van der Waals surface area contributed by atoms with Gasteiger partial charge in [0.1, 0.15) is 58.4 Å². The average Bonchev–Trinajstić information content (AvgIpc) is 1.36. The zero-order valence-corrected chi connectivity index (χ0v) is 51.3. The number of amides is 1. The number of hydrogen-bond donors (Lipinski definition) is 6. The number of aliphatic hydroxyl groups excluding tert-OH is 2. The molecule has 460 valence electrons. The van der Waals surface area contributed by atoms with Crippen LogP contribution in [0.5, 0.6) is 23.0 Å². The van der Waals surface area contributed by atoms with Crippen LogP contribution in [-0.2, 0) is 43.4 Å². The number of anilines is 2. The second kappa shape index (κ2) is 24.9. The highest BCUT2D eigenvalue weighted by Gasteiger charge is 2.50. The molecule has 3 aromatic rings. The molecule has 86 heavy (non-hydrogen) atoms. The van der Waals surface area contributed by atoms with Crippen molar-refractivity contribution in [2.24, 2.45) is 29.6 Å². The number of rotatable bonds is 11. The van der Waals surface area contributed by atoms with Crippen LogP contribution in [0.15, 0.2) is 88.0 Å². The van der Waals surface area contributed by atoms with Gasteiger partial charge in [0, 0.05) is 122 Å². The van der Waals surface area contributed by atoms with E-state index in [1.54, 1.807) is 45.1 Å². The third-order valence-corrected chi connectivity index (χ3v) is 18.7. The van der Waals surface area contributed by atoms with Crippen molar-refractivity contribution < 1.29 is 82.0 Å². The van der Waals surface area contributed by atoms with Gasteiger partial charge >= 0.3 is 17.7 Å². The van der Waals surface area contributed by atoms with Crippen molar-refractivity contribution in [3.63, 3.8) is 0 Å². The molecule has 1 aliphatic carbocycles. The summed E-state index contributed by atoms with van der Waals surface area (Å²) in [6, 6.07) is 7.36. The second-order valence-corrected chi connectivity index (χ2v) is 26.2. The summed E-state index contributed by atoms with van der Waals surface area (Å²) in [6.45, 7) is 24.4. The van der Waals surface area contributed by atoms with E-state index in [2.05, 4.69) is 11.9 Å². The Morgan fingerprint density at radius 1 is 0.930 bits per heavy atom. The molecule has 3 aromatic carbocycles. The van der Waals surface area contributed by atoms with Gasteiger partial charge in [0.2, 0.25) is 12.8 Å². The van der Waals surface area contributed by atoms with Gasteiger partial charge in [-0.15, -0.1) is 0 Å². The summed E-state index contributed by atoms with van der Waals surface area (Å²) in [4.78, 5) is 97.5. The zero-order chi connectivity index (χ0) is 63.2. The van der Waals surface area contributed by atoms with Crippen LogP contribution >= 0.6 is 7.37 Å². The van der Waals surface area contributed by atoms with Crippen molar-refractivity contribution in [1.82, 2.24) is 4.98 Å². The van der Waals surface area contributed by atoms with Crippen molar-refractivity contribution in [3.8, 4) is 34.5 Å². The SMILES string of the molecule is C=C(CC(C)(C)c1cc(P(=O)(O)CC=O)ccc1OC(C)=O)OC1CCN(c2cc(O)c3nc4c5c6c7c(C)c(O)c5c(=O)c(c-4oc3c2)NC(=O)/C(C)=C\C=C\[C@H](C)[C@H](O)[C@@H](C)[C@@H](O)[C@@H](C)[C@H](OC(C)=O)[C@H](C)[C@@H](C)/C=C/O[C@@](C)(O7)C6=O)CC1. The van der Waals surface area contributed by atoms with Crippen LogP contribution < -0.4 is 30.4 Å². The number of nitrogens with zero attached hydrogens (tertiary/aromatic N) is 2. The lowest BCUT2D eigenvalue weighted by Gasteiger charge is -2.37. The highest BCUT2D eigenvalue weighted by molar-refractivity contribution is 7.66. The summed E-state index contributed by atoms with van der Waals surface area (Å²) < 4.78 is 49.7. The van der Waals surface area contributed by atoms with Crippen LogP contribution in [0.2, 0.25) is 0 Å². The molecule has 0 aromatic heterocycles. The van der Waals surface area contributed by atoms with Gasteiger partial charge in [-0.05, 0) is 50.0 Å². The van der Waals surface area contributed by atoms with Crippen molar-refractivity contribution in [3.05, 3.63) is 106 Å². The minimum Gasteiger partial charge on any atom is -0.507 e. The number of carbonyl (C=O) groups is 5. The fourth-order valence-corrected chi connectivity index (χ4v) is 12.8. The van der Waals surface area contributed by atoms with Gasteiger partial charge in [0.05, 0.1) is 41.3 Å². The van der Waals surface area contributed by atoms with Gasteiger partial charge in [0.25, 0.3) is 11.7 Å². The summed E-state index contributed by atoms with van der Waals surface area (Å²) in [7, 11) is -4.05. The van der Waals surface area contributed by atoms with Gasteiger partial charge in [-0.2, -0.15) is 0 Å². The number of nitrogens with one attached hydrogen (secondary N) is 1. The largest absolute Gasteiger partial charge is 0.507 e. The number of piperidine rings is 1. The topological polar surface area (TPSA) is 308 Å². The summed E-state index contributed by atoms with van der Waals surface area (Å²) in [5.41, 5.74) is -1.68. The zero-order valence-electron chi connectivity index (χ0n) is 50.4. The lowest BCUT2D eigenvalue weighted by atomic mass is 9.77. The van der Waals surface area contributed by atoms with Crippen LogP contribution in [-0.4, -0.2) is 110 Å². The summed E-state index contributed by atoms with van der Waals surface area (Å²) >= 11 is 0. The van der Waals surface area contributed by atoms with Crippen LogP contribution in [0.4, 0.5) is 11.4 Å². The molecule has 0 spiro atoms. The van der Waals surface area contributed by atoms with Gasteiger partial charge in [-0.3, -0.25) is 28.5 Å². The number of esters is 2. The standard InChI is InChI=1S/C64H76N3O18P/c1-31-21-25-80-64(13)61(76)50-48-49(56(74)38(8)59(50)85-64)57(75)53(66-62(77)33(3)16-14-15-32(2)54(72)36(6)55(73)37(7)58(35(31)5)83-40(10)70)60-52(48)65-51-45(71)27-41(28-47(51)84-60)67-22-19-42(20-23-67)81-34(4)30-63(11,12)44-29-43(86(78,79)26-24-68)17-18-46(44)82-39(9)69/h14-18,21,24-25,27-29,31-32,35-37,42,54-55,58,71-74H,4,19-20,22-23,26,30H2,1-3,5-13H3,(H,66,77)(H,78,79)/b15-14+,25-21+,33-16-/t31-,32-,35+,36+,37+,54-,55+,58+,64-/m0/s1. The Labute approximate surface area is 498 Å². The third kappa shape index (κ3) is 12.7. The Morgan fingerprint density at radius 2 is 1.62 bits per heavy atom. The Hall–Kier alpha value is -7.84. The Balaban J connectivity index is 1.15. The second-order valence-electron chi connectivity index (χ2n) is 23.9. The van der Waals surface area contributed by atoms with E-state index < -0.39 is 119 Å². The van der Waals surface area contributed by atoms with Gasteiger partial charge in [0.15, 0.2) is 11.3 Å². The maximum Gasteiger partial charge on any atom is 0.312 e. The van der Waals surface area contributed by atoms with Crippen molar-refractivity contribution >= 4 is 75.8 Å². The smallest absolute Gasteiger partial charge is 0.312 e. The molecule has 6 aliphatic rings. The number of hydrogen-bond acceptors (Lipinski definition) is 19. The number of ether oxygens (including phenoxy) is 5. The molecule has 6 N–H and O–H groups in total. The molecule has 1 saturated heterocycles. The number of benzene rings is 4. The number of carbonyl (C=O) groups excluding carboxylic acids is 5. The maximum atomic E-state index is 15.1. The molecule has 0 saturated carbocycles. The summed E-state index contributed by atoms with van der Waals surface area (Å²) in [5.74, 6) is -8.37. The number of Topliss-reactive ketones (excluding diaryl/α,β-unsaturated/α-hetero) is 1. The van der Waals surface area contributed by atoms with Crippen LogP contribution in [0.1, 0.15) is 117 Å². The molecular weight excluding hydrogens is 1130 g/mol. The van der Waals surface area contributed by atoms with Gasteiger partial charge in [-0.25, -0.2) is 4.98 Å². The number of ketones is 1. The molecule has 1 fully saturated rings. The first-order valence-corrected chi connectivity index (χ1v) is 30.4. The van der Waals surface area contributed by atoms with Crippen molar-refractivity contribution in [2.75, 3.05) is 29.5 Å². The first-order valence-electron chi connectivity index (χ1n) is 28.6. The fraction of sp³-hybridized carbons (Fsp3) is 0.453. The lowest BCUT2D eigenvalue weighted by Crippen LogP contribution is -2.45. The summed E-state index contributed by atoms with van der Waals surface area (Å²) in [6.07, 6.45) is 5.19. The Morgan fingerprint density at radius 3 is 2.27 bits per heavy atom. The molecule has 22 heteroatoms. The monoisotopic (exact) mass is 1210 g/mol. The van der Waals surface area contributed by atoms with E-state index in [4.69, 9.17) is 33.1 Å². The number of aldehydes is 1. The molecular formula is C64H76N3O18P. The Kier molecular flexibility index (Phi) is 18.6. The number of aliphatic hydroxyl groups is 2. The highest BCUT2D eigenvalue weighted by Crippen LogP contribution is 2.51. The quantitative estimate of drug-likeness (QED) is 0.0136. The van der Waals surface area contributed by atoms with E-state index in [1.165, 1.54) is 71.2 Å².